The molecule has 0 N–H and O–H groups in total. The molecule has 0 aliphatic rings. The van der Waals surface area contributed by atoms with E-state index in [0.29, 0.717) is 0 Å². The first-order valence-electron chi connectivity index (χ1n) is 5.14. The van der Waals surface area contributed by atoms with Gasteiger partial charge in [0, 0.05) is 13.0 Å². The number of benzene rings is 1. The summed E-state index contributed by atoms with van der Waals surface area (Å²) >= 11 is 0. The molecule has 2 heteroatoms. The maximum absolute atomic E-state index is 11.8. The molecule has 1 atom stereocenters. The zero-order chi connectivity index (χ0) is 11.1. The van der Waals surface area contributed by atoms with Crippen LogP contribution in [0.25, 0.3) is 0 Å². The molecule has 2 nitrogen and oxygen atoms in total. The summed E-state index contributed by atoms with van der Waals surface area (Å²) in [5.74, 6) is 0.0814. The first-order chi connectivity index (χ1) is 7.29. The van der Waals surface area contributed by atoms with Crippen molar-refractivity contribution < 1.29 is 9.53 Å². The van der Waals surface area contributed by atoms with Crippen LogP contribution in [0.15, 0.2) is 30.3 Å². The molecule has 0 aromatic heterocycles. The number of carbonyl (C=O) groups excluding carboxylic acids is 1. The summed E-state index contributed by atoms with van der Waals surface area (Å²) in [6.45, 7) is 2.16. The predicted octanol–water partition coefficient (Wildman–Crippen LogP) is 2.60. The summed E-state index contributed by atoms with van der Waals surface area (Å²) in [6, 6.07) is 9.84. The Morgan fingerprint density at radius 2 is 2.07 bits per heavy atom. The van der Waals surface area contributed by atoms with E-state index in [1.165, 1.54) is 0 Å². The van der Waals surface area contributed by atoms with Crippen molar-refractivity contribution in [3.63, 3.8) is 0 Å². The van der Waals surface area contributed by atoms with Gasteiger partial charge >= 0.3 is 0 Å². The van der Waals surface area contributed by atoms with E-state index >= 15 is 0 Å². The zero-order valence-corrected chi connectivity index (χ0v) is 9.27. The lowest BCUT2D eigenvalue weighted by Gasteiger charge is -2.14. The Kier molecular flexibility index (Phi) is 5.05. The van der Waals surface area contributed by atoms with Crippen molar-refractivity contribution in [1.82, 2.24) is 0 Å². The van der Waals surface area contributed by atoms with Crippen molar-refractivity contribution in [1.29, 1.82) is 0 Å². The second-order valence-electron chi connectivity index (χ2n) is 3.51. The van der Waals surface area contributed by atoms with Gasteiger partial charge in [-0.25, -0.2) is 0 Å². The van der Waals surface area contributed by atoms with E-state index in [9.17, 15) is 4.79 Å². The van der Waals surface area contributed by atoms with Crippen LogP contribution in [0.5, 0.6) is 0 Å². The maximum Gasteiger partial charge on any atom is 0.165 e. The van der Waals surface area contributed by atoms with E-state index in [1.807, 2.05) is 43.7 Å². The lowest BCUT2D eigenvalue weighted by molar-refractivity contribution is -0.124. The van der Waals surface area contributed by atoms with E-state index in [-0.39, 0.29) is 18.3 Å². The number of Topliss-reactive ketones (excluding diaryl/α,β-unsaturated/α-hetero) is 1. The van der Waals surface area contributed by atoms with Gasteiger partial charge in [-0.2, -0.15) is 0 Å². The van der Waals surface area contributed by atoms with Crippen molar-refractivity contribution in [2.24, 2.45) is 0 Å². The Hall–Kier alpha value is -1.15. The third-order valence-corrected chi connectivity index (χ3v) is 2.35. The number of methoxy groups -OCH3 is 1. The van der Waals surface area contributed by atoms with Gasteiger partial charge in [-0.3, -0.25) is 4.79 Å². The molecule has 0 saturated heterocycles. The Bertz CT molecular complexity index is 293. The summed E-state index contributed by atoms with van der Waals surface area (Å²) < 4.78 is 4.89. The van der Waals surface area contributed by atoms with Crippen molar-refractivity contribution in [3.05, 3.63) is 42.3 Å². The molecule has 0 amide bonds. The molecule has 1 radical (unpaired) electrons. The second-order valence-corrected chi connectivity index (χ2v) is 3.51. The molecule has 1 rings (SSSR count). The summed E-state index contributed by atoms with van der Waals surface area (Å²) in [5.41, 5.74) is 1.07. The van der Waals surface area contributed by atoms with Crippen LogP contribution in [-0.4, -0.2) is 19.5 Å². The lowest BCUT2D eigenvalue weighted by Crippen LogP contribution is -2.17. The van der Waals surface area contributed by atoms with Gasteiger partial charge in [-0.05, 0) is 18.4 Å². The molecule has 0 aliphatic heterocycles. The summed E-state index contributed by atoms with van der Waals surface area (Å²) in [6.07, 6.45) is 2.79. The van der Waals surface area contributed by atoms with Crippen molar-refractivity contribution in [2.75, 3.05) is 13.7 Å². The Balaban J connectivity index is 2.78. The molecule has 1 aromatic rings. The molecular formula is C13H17O2. The van der Waals surface area contributed by atoms with Crippen molar-refractivity contribution in [2.45, 2.75) is 19.3 Å². The Morgan fingerprint density at radius 3 is 2.60 bits per heavy atom. The highest BCUT2D eigenvalue weighted by atomic mass is 16.5. The van der Waals surface area contributed by atoms with Crippen LogP contribution in [0, 0.1) is 6.42 Å². The molecule has 15 heavy (non-hydrogen) atoms. The molecule has 0 heterocycles. The number of ether oxygens (including phenoxy) is 1. The molecule has 81 valence electrons. The molecule has 0 aliphatic carbocycles. The van der Waals surface area contributed by atoms with Gasteiger partial charge in [-0.15, -0.1) is 0 Å². The fraction of sp³-hybridized carbons (Fsp3) is 0.385. The molecule has 0 bridgehead atoms. The highest BCUT2D eigenvalue weighted by Gasteiger charge is 2.18. The fourth-order valence-corrected chi connectivity index (χ4v) is 1.62. The number of rotatable bonds is 6. The van der Waals surface area contributed by atoms with Crippen LogP contribution in [0.2, 0.25) is 0 Å². The third kappa shape index (κ3) is 3.48. The highest BCUT2D eigenvalue weighted by Crippen LogP contribution is 2.21. The molecule has 0 spiro atoms. The smallest absolute Gasteiger partial charge is 0.165 e. The second kappa shape index (κ2) is 6.36. The SMILES string of the molecule is C[CH]CC(C(=O)COC)c1ccccc1. The van der Waals surface area contributed by atoms with E-state index in [1.54, 1.807) is 7.11 Å². The number of hydrogen-bond donors (Lipinski definition) is 0. The van der Waals surface area contributed by atoms with Crippen LogP contribution in [-0.2, 0) is 9.53 Å². The third-order valence-electron chi connectivity index (χ3n) is 2.35. The number of hydrogen-bond acceptors (Lipinski definition) is 2. The van der Waals surface area contributed by atoms with Crippen LogP contribution < -0.4 is 0 Å². The first kappa shape index (κ1) is 11.9. The average Bonchev–Trinajstić information content (AvgIpc) is 2.27. The standard InChI is InChI=1S/C13H17O2/c1-3-7-12(13(14)10-15-2)11-8-5-4-6-9-11/h3-6,8-9,12H,7,10H2,1-2H3. The summed E-state index contributed by atoms with van der Waals surface area (Å²) in [7, 11) is 1.55. The lowest BCUT2D eigenvalue weighted by atomic mass is 9.91. The monoisotopic (exact) mass is 205 g/mol. The predicted molar refractivity (Wildman–Crippen MR) is 60.7 cm³/mol. The largest absolute Gasteiger partial charge is 0.377 e. The van der Waals surface area contributed by atoms with E-state index < -0.39 is 0 Å². The minimum atomic E-state index is -0.0591. The van der Waals surface area contributed by atoms with Gasteiger partial charge in [-0.1, -0.05) is 37.3 Å². The summed E-state index contributed by atoms with van der Waals surface area (Å²) in [5, 5.41) is 0. The van der Waals surface area contributed by atoms with Gasteiger partial charge in [0.25, 0.3) is 0 Å². The van der Waals surface area contributed by atoms with Crippen molar-refractivity contribution in [3.8, 4) is 0 Å². The first-order valence-corrected chi connectivity index (χ1v) is 5.14. The quantitative estimate of drug-likeness (QED) is 0.713. The van der Waals surface area contributed by atoms with Gasteiger partial charge in [0.2, 0.25) is 0 Å². The van der Waals surface area contributed by atoms with Gasteiger partial charge in [0.15, 0.2) is 5.78 Å². The molecule has 0 saturated carbocycles. The van der Waals surface area contributed by atoms with Gasteiger partial charge < -0.3 is 4.74 Å². The zero-order valence-electron chi connectivity index (χ0n) is 9.27. The maximum atomic E-state index is 11.8. The number of carbonyl (C=O) groups is 1. The number of ketones is 1. The minimum Gasteiger partial charge on any atom is -0.377 e. The van der Waals surface area contributed by atoms with E-state index in [4.69, 9.17) is 4.74 Å². The highest BCUT2D eigenvalue weighted by molar-refractivity contribution is 5.86. The van der Waals surface area contributed by atoms with Gasteiger partial charge in [0.1, 0.15) is 6.61 Å². The normalized spacial score (nSPS) is 12.4. The van der Waals surface area contributed by atoms with Crippen LogP contribution in [0.3, 0.4) is 0 Å². The minimum absolute atomic E-state index is 0.0591. The molecule has 1 unspecified atom stereocenters. The van der Waals surface area contributed by atoms with Crippen molar-refractivity contribution >= 4 is 5.78 Å². The van der Waals surface area contributed by atoms with Crippen LogP contribution in [0.1, 0.15) is 24.8 Å². The van der Waals surface area contributed by atoms with Crippen LogP contribution in [0.4, 0.5) is 0 Å². The molecular weight excluding hydrogens is 188 g/mol. The van der Waals surface area contributed by atoms with E-state index in [0.717, 1.165) is 12.0 Å². The molecule has 0 fully saturated rings. The fourth-order valence-electron chi connectivity index (χ4n) is 1.62. The van der Waals surface area contributed by atoms with Crippen LogP contribution >= 0.6 is 0 Å². The summed E-state index contributed by atoms with van der Waals surface area (Å²) in [4.78, 5) is 11.8. The molecule has 1 aromatic carbocycles. The Labute approximate surface area is 91.3 Å². The Morgan fingerprint density at radius 1 is 1.40 bits per heavy atom. The van der Waals surface area contributed by atoms with E-state index in [2.05, 4.69) is 0 Å². The average molecular weight is 205 g/mol. The van der Waals surface area contributed by atoms with Gasteiger partial charge in [0.05, 0.1) is 0 Å². The topological polar surface area (TPSA) is 26.3 Å².